The highest BCUT2D eigenvalue weighted by molar-refractivity contribution is 7.90. The Kier molecular flexibility index (Phi) is 5.96. The molecule has 156 valence electrons. The van der Waals surface area contributed by atoms with Gasteiger partial charge in [-0.2, -0.15) is 17.5 Å². The molecule has 0 aromatic heterocycles. The van der Waals surface area contributed by atoms with Crippen molar-refractivity contribution in [3.8, 4) is 0 Å². The molecule has 6 nitrogen and oxygen atoms in total. The number of nitrogens with zero attached hydrogens (tertiary/aromatic N) is 3. The van der Waals surface area contributed by atoms with Crippen molar-refractivity contribution in [1.29, 1.82) is 0 Å². The van der Waals surface area contributed by atoms with Crippen molar-refractivity contribution in [2.45, 2.75) is 51.0 Å². The van der Waals surface area contributed by atoms with Gasteiger partial charge in [-0.25, -0.2) is 8.42 Å². The van der Waals surface area contributed by atoms with Crippen LogP contribution in [-0.2, 0) is 10.0 Å². The molecule has 3 aliphatic rings. The van der Waals surface area contributed by atoms with Crippen molar-refractivity contribution in [3.63, 3.8) is 0 Å². The molecule has 2 heterocycles. The van der Waals surface area contributed by atoms with Gasteiger partial charge < -0.3 is 10.2 Å². The van der Waals surface area contributed by atoms with Crippen LogP contribution in [-0.4, -0.2) is 68.4 Å². The van der Waals surface area contributed by atoms with Crippen LogP contribution in [0.5, 0.6) is 0 Å². The van der Waals surface area contributed by atoms with Crippen LogP contribution in [0.1, 0.15) is 45.4 Å². The molecule has 3 rings (SSSR count). The molecule has 2 saturated heterocycles. The standard InChI is InChI=1S/C17H29F3N4O2S/c1-2-21-15(23-11-8-16(13-23)6-3-7-16)22-12-14-4-9-24(10-5-14)27(25,26)17(18,19)20/h14H,2-13H2,1H3,(H,21,22). The number of hydrogen-bond acceptors (Lipinski definition) is 3. The number of alkyl halides is 3. The summed E-state index contributed by atoms with van der Waals surface area (Å²) in [6.07, 6.45) is 5.89. The highest BCUT2D eigenvalue weighted by atomic mass is 32.2. The maximum absolute atomic E-state index is 12.7. The fourth-order valence-electron chi connectivity index (χ4n) is 4.32. The third-order valence-electron chi connectivity index (χ3n) is 6.19. The zero-order chi connectivity index (χ0) is 19.7. The van der Waals surface area contributed by atoms with Gasteiger partial charge in [0.2, 0.25) is 0 Å². The molecule has 1 aliphatic carbocycles. The second-order valence-electron chi connectivity index (χ2n) is 8.01. The first-order valence-electron chi connectivity index (χ1n) is 9.76. The van der Waals surface area contributed by atoms with Crippen molar-refractivity contribution in [3.05, 3.63) is 0 Å². The fraction of sp³-hybridized carbons (Fsp3) is 0.941. The Labute approximate surface area is 159 Å². The third kappa shape index (κ3) is 4.36. The molecule has 1 spiro atoms. The number of aliphatic imine (C=N–C) groups is 1. The number of guanidine groups is 1. The van der Waals surface area contributed by atoms with Crippen LogP contribution in [0, 0.1) is 11.3 Å². The molecule has 0 aromatic carbocycles. The minimum Gasteiger partial charge on any atom is -0.357 e. The molecule has 0 amide bonds. The lowest BCUT2D eigenvalue weighted by atomic mass is 9.68. The number of halogens is 3. The van der Waals surface area contributed by atoms with Gasteiger partial charge >= 0.3 is 15.5 Å². The van der Waals surface area contributed by atoms with Gasteiger partial charge in [-0.3, -0.25) is 4.99 Å². The van der Waals surface area contributed by atoms with E-state index < -0.39 is 15.5 Å². The predicted octanol–water partition coefficient (Wildman–Crippen LogP) is 2.39. The average molecular weight is 411 g/mol. The molecule has 0 atom stereocenters. The SMILES string of the molecule is CCNC(=NCC1CCN(S(=O)(=O)C(F)(F)F)CC1)N1CCC2(CCC2)C1. The van der Waals surface area contributed by atoms with Crippen molar-refractivity contribution >= 4 is 16.0 Å². The van der Waals surface area contributed by atoms with Crippen LogP contribution in [0.3, 0.4) is 0 Å². The van der Waals surface area contributed by atoms with Crippen LogP contribution in [0.25, 0.3) is 0 Å². The Balaban J connectivity index is 1.54. The third-order valence-corrected chi connectivity index (χ3v) is 7.82. The van der Waals surface area contributed by atoms with Crippen LogP contribution >= 0.6 is 0 Å². The molecule has 2 aliphatic heterocycles. The monoisotopic (exact) mass is 410 g/mol. The summed E-state index contributed by atoms with van der Waals surface area (Å²) in [5.41, 5.74) is -4.75. The molecule has 1 saturated carbocycles. The number of rotatable bonds is 4. The van der Waals surface area contributed by atoms with E-state index in [-0.39, 0.29) is 19.0 Å². The molecule has 3 fully saturated rings. The van der Waals surface area contributed by atoms with Gasteiger partial charge in [-0.05, 0) is 50.4 Å². The molecular formula is C17H29F3N4O2S. The summed E-state index contributed by atoms with van der Waals surface area (Å²) in [5.74, 6) is 0.991. The lowest BCUT2D eigenvalue weighted by Crippen LogP contribution is -2.45. The largest absolute Gasteiger partial charge is 0.511 e. The topological polar surface area (TPSA) is 65.0 Å². The van der Waals surface area contributed by atoms with Gasteiger partial charge in [0.1, 0.15) is 0 Å². The van der Waals surface area contributed by atoms with E-state index in [4.69, 9.17) is 4.99 Å². The summed E-state index contributed by atoms with van der Waals surface area (Å²) in [4.78, 5) is 7.02. The maximum atomic E-state index is 12.7. The quantitative estimate of drug-likeness (QED) is 0.571. The molecule has 0 bridgehead atoms. The number of piperidine rings is 1. The summed E-state index contributed by atoms with van der Waals surface area (Å²) in [5, 5.41) is 3.32. The lowest BCUT2D eigenvalue weighted by Gasteiger charge is -2.38. The molecule has 0 unspecified atom stereocenters. The van der Waals surface area contributed by atoms with E-state index in [9.17, 15) is 21.6 Å². The van der Waals surface area contributed by atoms with Gasteiger partial charge in [0, 0.05) is 39.3 Å². The Bertz CT molecular complexity index is 654. The Morgan fingerprint density at radius 2 is 1.85 bits per heavy atom. The summed E-state index contributed by atoms with van der Waals surface area (Å²) < 4.78 is 61.5. The van der Waals surface area contributed by atoms with Gasteiger partial charge in [-0.1, -0.05) is 6.42 Å². The number of nitrogens with one attached hydrogen (secondary N) is 1. The van der Waals surface area contributed by atoms with Crippen molar-refractivity contribution in [2.75, 3.05) is 39.3 Å². The van der Waals surface area contributed by atoms with E-state index in [1.165, 1.54) is 25.7 Å². The zero-order valence-corrected chi connectivity index (χ0v) is 16.6. The molecular weight excluding hydrogens is 381 g/mol. The Morgan fingerprint density at radius 1 is 1.19 bits per heavy atom. The van der Waals surface area contributed by atoms with E-state index in [0.717, 1.165) is 25.6 Å². The summed E-state index contributed by atoms with van der Waals surface area (Å²) in [6, 6.07) is 0. The lowest BCUT2D eigenvalue weighted by molar-refractivity contribution is -0.0496. The normalized spacial score (nSPS) is 25.0. The number of likely N-dealkylation sites (tertiary alicyclic amines) is 1. The summed E-state index contributed by atoms with van der Waals surface area (Å²) in [7, 11) is -5.21. The van der Waals surface area contributed by atoms with E-state index in [1.807, 2.05) is 6.92 Å². The van der Waals surface area contributed by atoms with Gasteiger partial charge in [0.25, 0.3) is 0 Å². The van der Waals surface area contributed by atoms with Crippen LogP contribution < -0.4 is 5.32 Å². The predicted molar refractivity (Wildman–Crippen MR) is 97.7 cm³/mol. The summed E-state index contributed by atoms with van der Waals surface area (Å²) >= 11 is 0. The zero-order valence-electron chi connectivity index (χ0n) is 15.8. The molecule has 27 heavy (non-hydrogen) atoms. The van der Waals surface area contributed by atoms with E-state index >= 15 is 0 Å². The number of sulfonamides is 1. The smallest absolute Gasteiger partial charge is 0.357 e. The first kappa shape index (κ1) is 20.7. The van der Waals surface area contributed by atoms with Crippen molar-refractivity contribution < 1.29 is 21.6 Å². The Morgan fingerprint density at radius 3 is 2.33 bits per heavy atom. The van der Waals surface area contributed by atoms with Gasteiger partial charge in [0.15, 0.2) is 5.96 Å². The molecule has 0 aromatic rings. The second-order valence-corrected chi connectivity index (χ2v) is 9.94. The summed E-state index contributed by atoms with van der Waals surface area (Å²) in [6.45, 7) is 5.15. The first-order valence-corrected chi connectivity index (χ1v) is 11.2. The molecule has 0 radical (unpaired) electrons. The minimum absolute atomic E-state index is 0.0919. The van der Waals surface area contributed by atoms with Crippen LogP contribution in [0.4, 0.5) is 13.2 Å². The Hall–Kier alpha value is -1.03. The second kappa shape index (κ2) is 7.77. The van der Waals surface area contributed by atoms with Crippen molar-refractivity contribution in [1.82, 2.24) is 14.5 Å². The molecule has 1 N–H and O–H groups in total. The van der Waals surface area contributed by atoms with E-state index in [1.54, 1.807) is 0 Å². The minimum atomic E-state index is -5.22. The highest BCUT2D eigenvalue weighted by Gasteiger charge is 2.50. The van der Waals surface area contributed by atoms with E-state index in [0.29, 0.717) is 29.1 Å². The van der Waals surface area contributed by atoms with Gasteiger partial charge in [-0.15, -0.1) is 0 Å². The average Bonchev–Trinajstić information content (AvgIpc) is 3.04. The molecule has 10 heteroatoms. The van der Waals surface area contributed by atoms with E-state index in [2.05, 4.69) is 10.2 Å². The first-order chi connectivity index (χ1) is 12.7. The van der Waals surface area contributed by atoms with Crippen molar-refractivity contribution in [2.24, 2.45) is 16.3 Å². The number of hydrogen-bond donors (Lipinski definition) is 1. The highest BCUT2D eigenvalue weighted by Crippen LogP contribution is 2.47. The van der Waals surface area contributed by atoms with Crippen LogP contribution in [0.15, 0.2) is 4.99 Å². The maximum Gasteiger partial charge on any atom is 0.511 e. The van der Waals surface area contributed by atoms with Crippen LogP contribution in [0.2, 0.25) is 0 Å². The fourth-order valence-corrected chi connectivity index (χ4v) is 5.31. The van der Waals surface area contributed by atoms with Gasteiger partial charge in [0.05, 0.1) is 0 Å².